The third kappa shape index (κ3) is 4.94. The molecule has 26 heavy (non-hydrogen) atoms. The maximum Gasteiger partial charge on any atom is 0.171 e. The van der Waals surface area contributed by atoms with E-state index in [1.54, 1.807) is 12.1 Å². The quantitative estimate of drug-likeness (QED) is 0.731. The molecule has 0 spiro atoms. The predicted octanol–water partition coefficient (Wildman–Crippen LogP) is 5.11. The van der Waals surface area contributed by atoms with Crippen molar-refractivity contribution in [3.8, 4) is 0 Å². The highest BCUT2D eigenvalue weighted by atomic mass is 32.1. The van der Waals surface area contributed by atoms with E-state index in [4.69, 9.17) is 12.2 Å². The summed E-state index contributed by atoms with van der Waals surface area (Å²) in [6, 6.07) is 15.0. The van der Waals surface area contributed by atoms with Crippen LogP contribution in [-0.2, 0) is 0 Å². The number of thiocarbonyl (C=S) groups is 1. The first-order valence-corrected chi connectivity index (χ1v) is 9.60. The number of halogens is 1. The highest BCUT2D eigenvalue weighted by Gasteiger charge is 2.17. The Labute approximate surface area is 160 Å². The fourth-order valence-corrected chi connectivity index (χ4v) is 3.71. The minimum absolute atomic E-state index is 0.0675. The van der Waals surface area contributed by atoms with Crippen molar-refractivity contribution in [1.29, 1.82) is 0 Å². The first kappa shape index (κ1) is 18.6. The standard InChI is InChI=1S/C21H26FN3S/c1-15-5-4-12-25(14-15)20-10-8-17(9-11-20)16(2)23-21(26)24-19-7-3-6-18(22)13-19/h3,6-11,13,15-16H,4-5,12,14H2,1-2H3,(H2,23,24,26)/t15-,16-/m0/s1. The minimum Gasteiger partial charge on any atom is -0.371 e. The number of rotatable bonds is 4. The molecule has 3 nitrogen and oxygen atoms in total. The highest BCUT2D eigenvalue weighted by Crippen LogP contribution is 2.24. The number of nitrogens with zero attached hydrogens (tertiary/aromatic N) is 1. The van der Waals surface area contributed by atoms with Gasteiger partial charge in [-0.2, -0.15) is 0 Å². The zero-order chi connectivity index (χ0) is 18.5. The predicted molar refractivity (Wildman–Crippen MR) is 111 cm³/mol. The van der Waals surface area contributed by atoms with Crippen molar-refractivity contribution in [2.45, 2.75) is 32.7 Å². The molecule has 0 amide bonds. The second-order valence-electron chi connectivity index (χ2n) is 7.12. The van der Waals surface area contributed by atoms with E-state index in [0.717, 1.165) is 19.0 Å². The topological polar surface area (TPSA) is 27.3 Å². The third-order valence-corrected chi connectivity index (χ3v) is 5.07. The Bertz CT molecular complexity index is 747. The molecule has 0 bridgehead atoms. The molecule has 0 unspecified atom stereocenters. The molecule has 3 rings (SSSR count). The van der Waals surface area contributed by atoms with Crippen LogP contribution >= 0.6 is 12.2 Å². The molecule has 2 aromatic rings. The van der Waals surface area contributed by atoms with Crippen LogP contribution < -0.4 is 15.5 Å². The summed E-state index contributed by atoms with van der Waals surface area (Å²) in [5.74, 6) is 0.476. The van der Waals surface area contributed by atoms with Crippen LogP contribution in [0.25, 0.3) is 0 Å². The number of anilines is 2. The molecule has 1 aliphatic heterocycles. The number of hydrogen-bond acceptors (Lipinski definition) is 2. The van der Waals surface area contributed by atoms with Gasteiger partial charge >= 0.3 is 0 Å². The van der Waals surface area contributed by atoms with Gasteiger partial charge in [-0.05, 0) is 73.8 Å². The van der Waals surface area contributed by atoms with Crippen molar-refractivity contribution in [2.75, 3.05) is 23.3 Å². The molecule has 1 fully saturated rings. The number of piperidine rings is 1. The molecule has 2 atom stereocenters. The molecule has 2 N–H and O–H groups in total. The molecule has 2 aromatic carbocycles. The maximum atomic E-state index is 13.3. The van der Waals surface area contributed by atoms with Gasteiger partial charge < -0.3 is 15.5 Å². The number of nitrogens with one attached hydrogen (secondary N) is 2. The van der Waals surface area contributed by atoms with Crippen molar-refractivity contribution in [3.05, 3.63) is 59.9 Å². The van der Waals surface area contributed by atoms with Crippen LogP contribution in [-0.4, -0.2) is 18.2 Å². The van der Waals surface area contributed by atoms with Gasteiger partial charge in [0.15, 0.2) is 5.11 Å². The van der Waals surface area contributed by atoms with E-state index in [0.29, 0.717) is 10.8 Å². The molecule has 0 aliphatic carbocycles. The van der Waals surface area contributed by atoms with E-state index in [9.17, 15) is 4.39 Å². The van der Waals surface area contributed by atoms with Crippen molar-refractivity contribution in [2.24, 2.45) is 5.92 Å². The number of hydrogen-bond donors (Lipinski definition) is 2. The Balaban J connectivity index is 1.57. The Kier molecular flexibility index (Phi) is 6.09. The summed E-state index contributed by atoms with van der Waals surface area (Å²) < 4.78 is 13.3. The molecule has 1 heterocycles. The first-order valence-electron chi connectivity index (χ1n) is 9.19. The lowest BCUT2D eigenvalue weighted by atomic mass is 9.99. The highest BCUT2D eigenvalue weighted by molar-refractivity contribution is 7.80. The van der Waals surface area contributed by atoms with Gasteiger partial charge in [0.25, 0.3) is 0 Å². The Morgan fingerprint density at radius 2 is 2.00 bits per heavy atom. The van der Waals surface area contributed by atoms with Crippen LogP contribution in [0.5, 0.6) is 0 Å². The van der Waals surface area contributed by atoms with Gasteiger partial charge in [0, 0.05) is 24.5 Å². The first-order chi connectivity index (χ1) is 12.5. The summed E-state index contributed by atoms with van der Waals surface area (Å²) in [5, 5.41) is 6.76. The molecular weight excluding hydrogens is 345 g/mol. The fourth-order valence-electron chi connectivity index (χ4n) is 3.41. The van der Waals surface area contributed by atoms with Crippen molar-refractivity contribution in [1.82, 2.24) is 5.32 Å². The summed E-state index contributed by atoms with van der Waals surface area (Å²) in [6.45, 7) is 6.66. The zero-order valence-corrected chi connectivity index (χ0v) is 16.2. The molecular formula is C21H26FN3S. The van der Waals surface area contributed by atoms with Crippen LogP contribution in [0, 0.1) is 11.7 Å². The number of benzene rings is 2. The molecule has 0 saturated carbocycles. The molecule has 1 aliphatic rings. The summed E-state index contributed by atoms with van der Waals surface area (Å²) in [5.41, 5.74) is 3.10. The minimum atomic E-state index is -0.284. The average molecular weight is 372 g/mol. The van der Waals surface area contributed by atoms with Crippen molar-refractivity contribution in [3.63, 3.8) is 0 Å². The van der Waals surface area contributed by atoms with E-state index >= 15 is 0 Å². The zero-order valence-electron chi connectivity index (χ0n) is 15.3. The van der Waals surface area contributed by atoms with Crippen LogP contribution in [0.4, 0.5) is 15.8 Å². The lowest BCUT2D eigenvalue weighted by Gasteiger charge is -2.33. The summed E-state index contributed by atoms with van der Waals surface area (Å²) in [6.07, 6.45) is 2.59. The molecule has 0 aromatic heterocycles. The molecule has 5 heteroatoms. The van der Waals surface area contributed by atoms with E-state index in [1.165, 1.54) is 36.2 Å². The van der Waals surface area contributed by atoms with Gasteiger partial charge in [-0.3, -0.25) is 0 Å². The lowest BCUT2D eigenvalue weighted by molar-refractivity contribution is 0.447. The fraction of sp³-hybridized carbons (Fsp3) is 0.381. The monoisotopic (exact) mass is 371 g/mol. The Hall–Kier alpha value is -2.14. The third-order valence-electron chi connectivity index (χ3n) is 4.85. The second kappa shape index (κ2) is 8.49. The van der Waals surface area contributed by atoms with E-state index in [1.807, 2.05) is 0 Å². The van der Waals surface area contributed by atoms with Gasteiger partial charge in [-0.1, -0.05) is 25.1 Å². The van der Waals surface area contributed by atoms with E-state index in [-0.39, 0.29) is 11.9 Å². The normalized spacial score (nSPS) is 18.3. The largest absolute Gasteiger partial charge is 0.371 e. The van der Waals surface area contributed by atoms with Gasteiger partial charge in [0.05, 0.1) is 6.04 Å². The molecule has 138 valence electrons. The van der Waals surface area contributed by atoms with Crippen molar-refractivity contribution < 1.29 is 4.39 Å². The Morgan fingerprint density at radius 3 is 2.69 bits per heavy atom. The maximum absolute atomic E-state index is 13.3. The van der Waals surface area contributed by atoms with Gasteiger partial charge in [0.2, 0.25) is 0 Å². The van der Waals surface area contributed by atoms with Gasteiger partial charge in [-0.25, -0.2) is 4.39 Å². The van der Waals surface area contributed by atoms with E-state index in [2.05, 4.69) is 53.6 Å². The lowest BCUT2D eigenvalue weighted by Crippen LogP contribution is -2.34. The van der Waals surface area contributed by atoms with Gasteiger partial charge in [0.1, 0.15) is 5.82 Å². The van der Waals surface area contributed by atoms with Gasteiger partial charge in [-0.15, -0.1) is 0 Å². The summed E-state index contributed by atoms with van der Waals surface area (Å²) >= 11 is 5.34. The van der Waals surface area contributed by atoms with Crippen LogP contribution in [0.2, 0.25) is 0 Å². The van der Waals surface area contributed by atoms with Crippen molar-refractivity contribution >= 4 is 28.7 Å². The molecule has 1 saturated heterocycles. The van der Waals surface area contributed by atoms with Crippen LogP contribution in [0.1, 0.15) is 38.3 Å². The van der Waals surface area contributed by atoms with Crippen LogP contribution in [0.15, 0.2) is 48.5 Å². The van der Waals surface area contributed by atoms with E-state index < -0.39 is 0 Å². The Morgan fingerprint density at radius 1 is 1.23 bits per heavy atom. The molecule has 0 radical (unpaired) electrons. The van der Waals surface area contributed by atoms with Crippen LogP contribution in [0.3, 0.4) is 0 Å². The summed E-state index contributed by atoms with van der Waals surface area (Å²) in [7, 11) is 0. The smallest absolute Gasteiger partial charge is 0.171 e. The SMILES string of the molecule is C[C@H]1CCCN(c2ccc([C@H](C)NC(=S)Nc3cccc(F)c3)cc2)C1. The summed E-state index contributed by atoms with van der Waals surface area (Å²) in [4.78, 5) is 2.46. The second-order valence-corrected chi connectivity index (χ2v) is 7.52. The average Bonchev–Trinajstić information content (AvgIpc) is 2.61.